The molecule has 0 fully saturated rings. The summed E-state index contributed by atoms with van der Waals surface area (Å²) in [5.41, 5.74) is 6.32. The molecular weight excluding hydrogens is 209 g/mol. The van der Waals surface area contributed by atoms with Gasteiger partial charge in [0.05, 0.1) is 14.2 Å². The largest absolute Gasteiger partial charge is 0.494 e. The van der Waals surface area contributed by atoms with E-state index in [1.807, 2.05) is 13.0 Å². The molecule has 0 heterocycles. The molecule has 0 saturated heterocycles. The van der Waals surface area contributed by atoms with Crippen molar-refractivity contribution in [1.82, 2.24) is 0 Å². The zero-order valence-electron chi connectivity index (χ0n) is 9.92. The summed E-state index contributed by atoms with van der Waals surface area (Å²) in [6.07, 6.45) is 0.794. The van der Waals surface area contributed by atoms with Crippen molar-refractivity contribution in [2.75, 3.05) is 20.8 Å². The Morgan fingerprint density at radius 2 is 2.00 bits per heavy atom. The van der Waals surface area contributed by atoms with Gasteiger partial charge in [0.1, 0.15) is 0 Å². The summed E-state index contributed by atoms with van der Waals surface area (Å²) in [5.74, 6) is 0.160. The Morgan fingerprint density at radius 3 is 2.50 bits per heavy atom. The van der Waals surface area contributed by atoms with Crippen LogP contribution in [0.1, 0.15) is 24.8 Å². The maximum atomic E-state index is 13.9. The van der Waals surface area contributed by atoms with Crippen LogP contribution in [0.25, 0.3) is 0 Å². The number of benzene rings is 1. The van der Waals surface area contributed by atoms with E-state index in [1.165, 1.54) is 14.2 Å². The van der Waals surface area contributed by atoms with Crippen LogP contribution >= 0.6 is 0 Å². The van der Waals surface area contributed by atoms with Crippen molar-refractivity contribution in [3.05, 3.63) is 23.5 Å². The number of rotatable bonds is 5. The lowest BCUT2D eigenvalue weighted by molar-refractivity contribution is 0.345. The zero-order chi connectivity index (χ0) is 12.1. The molecule has 1 aromatic carbocycles. The predicted molar refractivity (Wildman–Crippen MR) is 61.6 cm³/mol. The first-order valence-corrected chi connectivity index (χ1v) is 5.26. The van der Waals surface area contributed by atoms with E-state index < -0.39 is 5.82 Å². The summed E-state index contributed by atoms with van der Waals surface area (Å²) in [4.78, 5) is 0. The minimum atomic E-state index is -0.452. The Kier molecular flexibility index (Phi) is 4.55. The topological polar surface area (TPSA) is 44.5 Å². The van der Waals surface area contributed by atoms with Crippen LogP contribution < -0.4 is 15.2 Å². The molecule has 0 aliphatic rings. The SMILES string of the molecule is COc1ccc(C(C)CCN)c(OC)c1F. The third-order valence-corrected chi connectivity index (χ3v) is 2.65. The van der Waals surface area contributed by atoms with Crippen LogP contribution in [0, 0.1) is 5.82 Å². The molecule has 0 amide bonds. The Hall–Kier alpha value is -1.29. The van der Waals surface area contributed by atoms with E-state index in [2.05, 4.69) is 0 Å². The molecule has 4 heteroatoms. The molecule has 2 N–H and O–H groups in total. The van der Waals surface area contributed by atoms with Crippen LogP contribution in [0.15, 0.2) is 12.1 Å². The van der Waals surface area contributed by atoms with Crippen molar-refractivity contribution in [2.45, 2.75) is 19.3 Å². The number of hydrogen-bond donors (Lipinski definition) is 1. The van der Waals surface area contributed by atoms with E-state index in [0.717, 1.165) is 12.0 Å². The van der Waals surface area contributed by atoms with Gasteiger partial charge in [-0.25, -0.2) is 0 Å². The molecule has 0 radical (unpaired) electrons. The molecule has 0 bridgehead atoms. The maximum Gasteiger partial charge on any atom is 0.207 e. The lowest BCUT2D eigenvalue weighted by atomic mass is 9.96. The van der Waals surface area contributed by atoms with E-state index in [9.17, 15) is 4.39 Å². The van der Waals surface area contributed by atoms with Crippen LogP contribution in [-0.2, 0) is 0 Å². The van der Waals surface area contributed by atoms with Gasteiger partial charge in [0.25, 0.3) is 0 Å². The first-order valence-electron chi connectivity index (χ1n) is 5.26. The van der Waals surface area contributed by atoms with E-state index in [0.29, 0.717) is 6.54 Å². The molecule has 90 valence electrons. The number of ether oxygens (including phenoxy) is 2. The van der Waals surface area contributed by atoms with Gasteiger partial charge in [-0.2, -0.15) is 4.39 Å². The van der Waals surface area contributed by atoms with Crippen LogP contribution in [0.5, 0.6) is 11.5 Å². The predicted octanol–water partition coefficient (Wildman–Crippen LogP) is 2.30. The van der Waals surface area contributed by atoms with Crippen molar-refractivity contribution < 1.29 is 13.9 Å². The van der Waals surface area contributed by atoms with Gasteiger partial charge in [-0.1, -0.05) is 13.0 Å². The van der Waals surface area contributed by atoms with E-state index >= 15 is 0 Å². The summed E-state index contributed by atoms with van der Waals surface area (Å²) in [5, 5.41) is 0. The summed E-state index contributed by atoms with van der Waals surface area (Å²) in [6, 6.07) is 3.43. The van der Waals surface area contributed by atoms with Gasteiger partial charge in [0.15, 0.2) is 11.5 Å². The average molecular weight is 227 g/mol. The zero-order valence-corrected chi connectivity index (χ0v) is 9.92. The lowest BCUT2D eigenvalue weighted by Gasteiger charge is -2.16. The minimum Gasteiger partial charge on any atom is -0.494 e. The monoisotopic (exact) mass is 227 g/mol. The number of methoxy groups -OCH3 is 2. The number of nitrogens with two attached hydrogens (primary N) is 1. The van der Waals surface area contributed by atoms with Crippen LogP contribution in [0.3, 0.4) is 0 Å². The Balaban J connectivity index is 3.14. The number of halogens is 1. The average Bonchev–Trinajstić information content (AvgIpc) is 2.28. The lowest BCUT2D eigenvalue weighted by Crippen LogP contribution is -2.07. The van der Waals surface area contributed by atoms with Crippen molar-refractivity contribution in [2.24, 2.45) is 5.73 Å². The fourth-order valence-electron chi connectivity index (χ4n) is 1.71. The molecule has 0 saturated carbocycles. The van der Waals surface area contributed by atoms with Gasteiger partial charge >= 0.3 is 0 Å². The fraction of sp³-hybridized carbons (Fsp3) is 0.500. The standard InChI is InChI=1S/C12H18FNO2/c1-8(6-7-14)9-4-5-10(15-2)11(13)12(9)16-3/h4-5,8H,6-7,14H2,1-3H3. The third-order valence-electron chi connectivity index (χ3n) is 2.65. The van der Waals surface area contributed by atoms with Crippen molar-refractivity contribution in [3.8, 4) is 11.5 Å². The second-order valence-electron chi connectivity index (χ2n) is 3.68. The fourth-order valence-corrected chi connectivity index (χ4v) is 1.71. The van der Waals surface area contributed by atoms with Gasteiger partial charge < -0.3 is 15.2 Å². The quantitative estimate of drug-likeness (QED) is 0.839. The summed E-state index contributed by atoms with van der Waals surface area (Å²) < 4.78 is 23.8. The first kappa shape index (κ1) is 12.8. The molecule has 0 aliphatic heterocycles. The third kappa shape index (κ3) is 2.44. The smallest absolute Gasteiger partial charge is 0.207 e. The normalized spacial score (nSPS) is 12.3. The van der Waals surface area contributed by atoms with Crippen molar-refractivity contribution >= 4 is 0 Å². The second-order valence-corrected chi connectivity index (χ2v) is 3.68. The minimum absolute atomic E-state index is 0.167. The van der Waals surface area contributed by atoms with Crippen LogP contribution in [0.4, 0.5) is 4.39 Å². The molecule has 1 rings (SSSR count). The van der Waals surface area contributed by atoms with Gasteiger partial charge in [0.2, 0.25) is 5.82 Å². The molecule has 1 atom stereocenters. The first-order chi connectivity index (χ1) is 7.65. The van der Waals surface area contributed by atoms with Gasteiger partial charge in [-0.3, -0.25) is 0 Å². The van der Waals surface area contributed by atoms with Crippen LogP contribution in [-0.4, -0.2) is 20.8 Å². The second kappa shape index (κ2) is 5.70. The van der Waals surface area contributed by atoms with E-state index in [1.54, 1.807) is 6.07 Å². The summed E-state index contributed by atoms with van der Waals surface area (Å²) in [6.45, 7) is 2.56. The summed E-state index contributed by atoms with van der Waals surface area (Å²) in [7, 11) is 2.89. The highest BCUT2D eigenvalue weighted by atomic mass is 19.1. The van der Waals surface area contributed by atoms with Crippen LogP contribution in [0.2, 0.25) is 0 Å². The van der Waals surface area contributed by atoms with Gasteiger partial charge in [0, 0.05) is 5.56 Å². The van der Waals surface area contributed by atoms with Crippen molar-refractivity contribution in [3.63, 3.8) is 0 Å². The molecular formula is C12H18FNO2. The number of hydrogen-bond acceptors (Lipinski definition) is 3. The van der Waals surface area contributed by atoms with Gasteiger partial charge in [-0.05, 0) is 24.9 Å². The highest BCUT2D eigenvalue weighted by Gasteiger charge is 2.18. The van der Waals surface area contributed by atoms with E-state index in [-0.39, 0.29) is 17.4 Å². The maximum absolute atomic E-state index is 13.9. The molecule has 16 heavy (non-hydrogen) atoms. The molecule has 0 aliphatic carbocycles. The molecule has 3 nitrogen and oxygen atoms in total. The Labute approximate surface area is 95.4 Å². The Bertz CT molecular complexity index is 355. The Morgan fingerprint density at radius 1 is 1.31 bits per heavy atom. The van der Waals surface area contributed by atoms with E-state index in [4.69, 9.17) is 15.2 Å². The molecule has 0 spiro atoms. The highest BCUT2D eigenvalue weighted by Crippen LogP contribution is 2.35. The molecule has 1 unspecified atom stereocenters. The van der Waals surface area contributed by atoms with Crippen molar-refractivity contribution in [1.29, 1.82) is 0 Å². The molecule has 0 aromatic heterocycles. The summed E-state index contributed by atoms with van der Waals surface area (Å²) >= 11 is 0. The molecule has 1 aromatic rings. The van der Waals surface area contributed by atoms with Gasteiger partial charge in [-0.15, -0.1) is 0 Å². The highest BCUT2D eigenvalue weighted by molar-refractivity contribution is 5.44.